The molecule has 0 aliphatic carbocycles. The van der Waals surface area contributed by atoms with Gasteiger partial charge >= 0.3 is 0 Å². The zero-order valence-electron chi connectivity index (χ0n) is 10.0. The van der Waals surface area contributed by atoms with Gasteiger partial charge in [-0.1, -0.05) is 11.6 Å². The van der Waals surface area contributed by atoms with Gasteiger partial charge in [-0.15, -0.1) is 0 Å². The predicted molar refractivity (Wildman–Crippen MR) is 70.3 cm³/mol. The Hall–Kier alpha value is -1.95. The first-order valence-corrected chi connectivity index (χ1v) is 5.85. The molecule has 1 aromatic heterocycles. The molecule has 0 bridgehead atoms. The molecule has 0 fully saturated rings. The Balaban J connectivity index is 2.19. The predicted octanol–water partition coefficient (Wildman–Crippen LogP) is 3.06. The van der Waals surface area contributed by atoms with Gasteiger partial charge in [0.2, 0.25) is 0 Å². The van der Waals surface area contributed by atoms with Gasteiger partial charge in [-0.2, -0.15) is 0 Å². The van der Waals surface area contributed by atoms with Gasteiger partial charge in [0.25, 0.3) is 0 Å². The molecule has 7 heteroatoms. The minimum Gasteiger partial charge on any atom is -0.383 e. The van der Waals surface area contributed by atoms with Crippen LogP contribution in [0.4, 0.5) is 20.3 Å². The highest BCUT2D eigenvalue weighted by Crippen LogP contribution is 2.25. The second-order valence-electron chi connectivity index (χ2n) is 3.73. The molecule has 1 aromatic carbocycles. The van der Waals surface area contributed by atoms with Crippen LogP contribution in [-0.2, 0) is 6.54 Å². The van der Waals surface area contributed by atoms with Crippen LogP contribution in [0.5, 0.6) is 0 Å². The zero-order chi connectivity index (χ0) is 13.8. The van der Waals surface area contributed by atoms with Gasteiger partial charge in [-0.3, -0.25) is 0 Å². The van der Waals surface area contributed by atoms with Crippen LogP contribution in [0.2, 0.25) is 5.15 Å². The van der Waals surface area contributed by atoms with Crippen LogP contribution in [0.15, 0.2) is 24.5 Å². The molecule has 1 heterocycles. The van der Waals surface area contributed by atoms with E-state index in [9.17, 15) is 8.78 Å². The van der Waals surface area contributed by atoms with E-state index in [2.05, 4.69) is 20.6 Å². The number of halogens is 3. The molecule has 0 radical (unpaired) electrons. The van der Waals surface area contributed by atoms with E-state index in [1.165, 1.54) is 6.33 Å². The molecule has 0 unspecified atom stereocenters. The number of nitrogens with zero attached hydrogens (tertiary/aromatic N) is 2. The van der Waals surface area contributed by atoms with Crippen LogP contribution in [0.25, 0.3) is 0 Å². The highest BCUT2D eigenvalue weighted by molar-refractivity contribution is 6.32. The molecule has 100 valence electrons. The Morgan fingerprint density at radius 3 is 2.79 bits per heavy atom. The van der Waals surface area contributed by atoms with Crippen molar-refractivity contribution in [2.75, 3.05) is 17.7 Å². The molecular formula is C12H11ClF2N4. The standard InChI is InChI=1S/C12H11ClF2N4/c1-16-10-11(13)18-6-19-12(10)17-5-7-4-8(14)2-3-9(7)15/h2-4,6,16H,5H2,1H3,(H,17,18,19). The van der Waals surface area contributed by atoms with Crippen molar-refractivity contribution in [2.45, 2.75) is 6.54 Å². The van der Waals surface area contributed by atoms with E-state index < -0.39 is 11.6 Å². The van der Waals surface area contributed by atoms with Gasteiger partial charge in [0.1, 0.15) is 23.6 Å². The summed E-state index contributed by atoms with van der Waals surface area (Å²) in [7, 11) is 1.67. The van der Waals surface area contributed by atoms with Crippen LogP contribution in [0.3, 0.4) is 0 Å². The minimum atomic E-state index is -0.493. The van der Waals surface area contributed by atoms with E-state index in [4.69, 9.17) is 11.6 Å². The summed E-state index contributed by atoms with van der Waals surface area (Å²) in [6.07, 6.45) is 1.29. The number of hydrogen-bond donors (Lipinski definition) is 2. The molecule has 0 atom stereocenters. The SMILES string of the molecule is CNc1c(Cl)ncnc1NCc1cc(F)ccc1F. The highest BCUT2D eigenvalue weighted by Gasteiger charge is 2.09. The first-order chi connectivity index (χ1) is 9.11. The van der Waals surface area contributed by atoms with Crippen LogP contribution >= 0.6 is 11.6 Å². The summed E-state index contributed by atoms with van der Waals surface area (Å²) in [6, 6.07) is 3.28. The highest BCUT2D eigenvalue weighted by atomic mass is 35.5. The Kier molecular flexibility index (Phi) is 4.11. The van der Waals surface area contributed by atoms with Gasteiger partial charge in [-0.05, 0) is 18.2 Å². The third kappa shape index (κ3) is 3.08. The molecule has 2 N–H and O–H groups in total. The first kappa shape index (κ1) is 13.5. The Bertz CT molecular complexity index is 592. The largest absolute Gasteiger partial charge is 0.383 e. The fourth-order valence-corrected chi connectivity index (χ4v) is 1.81. The molecule has 4 nitrogen and oxygen atoms in total. The van der Waals surface area contributed by atoms with E-state index >= 15 is 0 Å². The zero-order valence-corrected chi connectivity index (χ0v) is 10.8. The molecule has 0 saturated carbocycles. The van der Waals surface area contributed by atoms with Crippen molar-refractivity contribution in [3.8, 4) is 0 Å². The van der Waals surface area contributed by atoms with Crippen molar-refractivity contribution in [2.24, 2.45) is 0 Å². The molecule has 2 rings (SSSR count). The van der Waals surface area contributed by atoms with Crippen LogP contribution in [0, 0.1) is 11.6 Å². The maximum atomic E-state index is 13.5. The Labute approximate surface area is 113 Å². The maximum absolute atomic E-state index is 13.5. The van der Waals surface area contributed by atoms with Gasteiger partial charge in [0.05, 0.1) is 0 Å². The summed E-state index contributed by atoms with van der Waals surface area (Å²) in [5.41, 5.74) is 0.706. The van der Waals surface area contributed by atoms with Crippen molar-refractivity contribution in [3.05, 3.63) is 46.9 Å². The molecule has 0 amide bonds. The van der Waals surface area contributed by atoms with Crippen molar-refractivity contribution in [3.63, 3.8) is 0 Å². The van der Waals surface area contributed by atoms with Crippen molar-refractivity contribution in [1.82, 2.24) is 9.97 Å². The van der Waals surface area contributed by atoms with Gasteiger partial charge < -0.3 is 10.6 Å². The second-order valence-corrected chi connectivity index (χ2v) is 4.09. The molecule has 2 aromatic rings. The number of aromatic nitrogens is 2. The lowest BCUT2D eigenvalue weighted by molar-refractivity contribution is 0.587. The lowest BCUT2D eigenvalue weighted by Gasteiger charge is -2.11. The van der Waals surface area contributed by atoms with Gasteiger partial charge in [0.15, 0.2) is 11.0 Å². The summed E-state index contributed by atoms with van der Waals surface area (Å²) >= 11 is 5.88. The number of rotatable bonds is 4. The Morgan fingerprint density at radius 1 is 1.26 bits per heavy atom. The summed E-state index contributed by atoms with van der Waals surface area (Å²) in [5, 5.41) is 5.97. The lowest BCUT2D eigenvalue weighted by Crippen LogP contribution is -2.07. The minimum absolute atomic E-state index is 0.0889. The fraction of sp³-hybridized carbons (Fsp3) is 0.167. The molecule has 0 saturated heterocycles. The molecule has 0 aliphatic rings. The van der Waals surface area contributed by atoms with Crippen molar-refractivity contribution < 1.29 is 8.78 Å². The maximum Gasteiger partial charge on any atom is 0.157 e. The number of hydrogen-bond acceptors (Lipinski definition) is 4. The normalized spacial score (nSPS) is 10.3. The van der Waals surface area contributed by atoms with Crippen LogP contribution < -0.4 is 10.6 Å². The summed E-state index contributed by atoms with van der Waals surface area (Å²) in [5.74, 6) is -0.556. The average Bonchev–Trinajstić information content (AvgIpc) is 2.40. The molecule has 0 aliphatic heterocycles. The summed E-state index contributed by atoms with van der Waals surface area (Å²) < 4.78 is 26.5. The van der Waals surface area contributed by atoms with Crippen molar-refractivity contribution >= 4 is 23.1 Å². The van der Waals surface area contributed by atoms with E-state index in [0.717, 1.165) is 18.2 Å². The van der Waals surface area contributed by atoms with Crippen LogP contribution in [0.1, 0.15) is 5.56 Å². The Morgan fingerprint density at radius 2 is 2.05 bits per heavy atom. The number of benzene rings is 1. The smallest absolute Gasteiger partial charge is 0.157 e. The van der Waals surface area contributed by atoms with E-state index in [0.29, 0.717) is 11.5 Å². The first-order valence-electron chi connectivity index (χ1n) is 5.48. The lowest BCUT2D eigenvalue weighted by atomic mass is 10.2. The van der Waals surface area contributed by atoms with Gasteiger partial charge in [-0.25, -0.2) is 18.7 Å². The van der Waals surface area contributed by atoms with E-state index in [1.807, 2.05) is 0 Å². The van der Waals surface area contributed by atoms with E-state index in [1.54, 1.807) is 7.05 Å². The summed E-state index contributed by atoms with van der Waals surface area (Å²) in [6.45, 7) is 0.0889. The average molecular weight is 285 g/mol. The monoisotopic (exact) mass is 284 g/mol. The van der Waals surface area contributed by atoms with E-state index in [-0.39, 0.29) is 17.3 Å². The third-order valence-corrected chi connectivity index (χ3v) is 2.79. The van der Waals surface area contributed by atoms with Crippen molar-refractivity contribution in [1.29, 1.82) is 0 Å². The topological polar surface area (TPSA) is 49.8 Å². The number of nitrogens with one attached hydrogen (secondary N) is 2. The molecular weight excluding hydrogens is 274 g/mol. The molecule has 0 spiro atoms. The summed E-state index contributed by atoms with van der Waals surface area (Å²) in [4.78, 5) is 7.81. The molecule has 19 heavy (non-hydrogen) atoms. The fourth-order valence-electron chi connectivity index (χ4n) is 1.58. The quantitative estimate of drug-likeness (QED) is 0.847. The third-order valence-electron chi connectivity index (χ3n) is 2.51. The number of anilines is 2. The van der Waals surface area contributed by atoms with Crippen LogP contribution in [-0.4, -0.2) is 17.0 Å². The van der Waals surface area contributed by atoms with Gasteiger partial charge in [0, 0.05) is 19.2 Å². The second kappa shape index (κ2) is 5.79.